The summed E-state index contributed by atoms with van der Waals surface area (Å²) in [5.74, 6) is 1.64. The van der Waals surface area contributed by atoms with E-state index in [9.17, 15) is 0 Å². The van der Waals surface area contributed by atoms with Gasteiger partial charge >= 0.3 is 0 Å². The number of hydrogen-bond donors (Lipinski definition) is 1. The highest BCUT2D eigenvalue weighted by Crippen LogP contribution is 2.30. The van der Waals surface area contributed by atoms with Gasteiger partial charge in [-0.3, -0.25) is 0 Å². The Morgan fingerprint density at radius 2 is 1.75 bits per heavy atom. The molecule has 0 saturated heterocycles. The van der Waals surface area contributed by atoms with Gasteiger partial charge in [-0.1, -0.05) is 19.9 Å². The summed E-state index contributed by atoms with van der Waals surface area (Å²) >= 11 is 0. The molecule has 0 amide bonds. The molecule has 1 N–H and O–H groups in total. The summed E-state index contributed by atoms with van der Waals surface area (Å²) in [5, 5.41) is 3.49. The van der Waals surface area contributed by atoms with Crippen molar-refractivity contribution in [3.05, 3.63) is 23.8 Å². The molecule has 114 valence electrons. The van der Waals surface area contributed by atoms with Crippen LogP contribution in [-0.4, -0.2) is 18.8 Å². The van der Waals surface area contributed by atoms with Crippen LogP contribution in [0.15, 0.2) is 18.2 Å². The maximum absolute atomic E-state index is 6.05. The Morgan fingerprint density at radius 3 is 2.25 bits per heavy atom. The highest BCUT2D eigenvalue weighted by molar-refractivity contribution is 5.43. The second kappa shape index (κ2) is 7.53. The van der Waals surface area contributed by atoms with Crippen LogP contribution in [0.25, 0.3) is 0 Å². The molecule has 1 rings (SSSR count). The maximum atomic E-state index is 6.05. The number of methoxy groups -OCH3 is 1. The van der Waals surface area contributed by atoms with Crippen LogP contribution in [0.4, 0.5) is 0 Å². The van der Waals surface area contributed by atoms with Gasteiger partial charge in [-0.05, 0) is 51.3 Å². The lowest BCUT2D eigenvalue weighted by Crippen LogP contribution is -2.35. The third kappa shape index (κ3) is 5.41. The minimum atomic E-state index is 0.107. The van der Waals surface area contributed by atoms with Gasteiger partial charge in [-0.15, -0.1) is 0 Å². The number of ether oxygens (including phenoxy) is 2. The van der Waals surface area contributed by atoms with Crippen LogP contribution < -0.4 is 14.8 Å². The van der Waals surface area contributed by atoms with Gasteiger partial charge in [0.05, 0.1) is 13.2 Å². The van der Waals surface area contributed by atoms with Crippen molar-refractivity contribution >= 4 is 0 Å². The first kappa shape index (κ1) is 16.8. The highest BCUT2D eigenvalue weighted by atomic mass is 16.5. The smallest absolute Gasteiger partial charge is 0.161 e. The van der Waals surface area contributed by atoms with Crippen molar-refractivity contribution in [1.29, 1.82) is 0 Å². The molecule has 0 spiro atoms. The molecule has 1 aromatic rings. The van der Waals surface area contributed by atoms with Gasteiger partial charge < -0.3 is 14.8 Å². The van der Waals surface area contributed by atoms with Crippen molar-refractivity contribution in [2.75, 3.05) is 7.11 Å². The van der Waals surface area contributed by atoms with E-state index in [1.807, 2.05) is 6.07 Å². The minimum absolute atomic E-state index is 0.107. The lowest BCUT2D eigenvalue weighted by molar-refractivity contribution is 0.184. The summed E-state index contributed by atoms with van der Waals surface area (Å²) in [4.78, 5) is 0. The Morgan fingerprint density at radius 1 is 1.10 bits per heavy atom. The first-order chi connectivity index (χ1) is 9.39. The third-order valence-electron chi connectivity index (χ3n) is 3.26. The molecule has 0 bridgehead atoms. The Kier molecular flexibility index (Phi) is 6.34. The molecule has 0 aliphatic rings. The number of rotatable bonds is 7. The van der Waals surface area contributed by atoms with Gasteiger partial charge in [0.2, 0.25) is 0 Å². The average Bonchev–Trinajstić information content (AvgIpc) is 2.41. The molecule has 0 radical (unpaired) electrons. The zero-order valence-electron chi connectivity index (χ0n) is 13.7. The van der Waals surface area contributed by atoms with E-state index in [1.54, 1.807) is 7.11 Å². The van der Waals surface area contributed by atoms with E-state index < -0.39 is 0 Å². The van der Waals surface area contributed by atoms with Crippen LogP contribution in [-0.2, 0) is 6.54 Å². The fourth-order valence-corrected chi connectivity index (χ4v) is 1.93. The average molecular weight is 279 g/mol. The fraction of sp³-hybridized carbons (Fsp3) is 0.647. The summed E-state index contributed by atoms with van der Waals surface area (Å²) in [7, 11) is 1.68. The Hall–Kier alpha value is -1.22. The first-order valence-electron chi connectivity index (χ1n) is 7.48. The van der Waals surface area contributed by atoms with Crippen molar-refractivity contribution < 1.29 is 9.47 Å². The maximum Gasteiger partial charge on any atom is 0.161 e. The van der Waals surface area contributed by atoms with E-state index in [0.29, 0.717) is 0 Å². The molecule has 20 heavy (non-hydrogen) atoms. The predicted molar refractivity (Wildman–Crippen MR) is 84.6 cm³/mol. The van der Waals surface area contributed by atoms with E-state index in [2.05, 4.69) is 52.1 Å². The molecule has 0 aromatic heterocycles. The molecule has 0 heterocycles. The van der Waals surface area contributed by atoms with Crippen LogP contribution in [0.3, 0.4) is 0 Å². The number of hydrogen-bond acceptors (Lipinski definition) is 3. The number of benzene rings is 1. The van der Waals surface area contributed by atoms with Crippen LogP contribution >= 0.6 is 0 Å². The fourth-order valence-electron chi connectivity index (χ4n) is 1.93. The zero-order chi connectivity index (χ0) is 15.2. The summed E-state index contributed by atoms with van der Waals surface area (Å²) in [5.41, 5.74) is 1.32. The van der Waals surface area contributed by atoms with Crippen LogP contribution in [0.5, 0.6) is 11.5 Å². The number of nitrogens with one attached hydrogen (secondary N) is 1. The van der Waals surface area contributed by atoms with E-state index in [0.717, 1.165) is 30.9 Å². The zero-order valence-corrected chi connectivity index (χ0v) is 13.7. The lowest BCUT2D eigenvalue weighted by Gasteiger charge is -2.22. The van der Waals surface area contributed by atoms with E-state index >= 15 is 0 Å². The van der Waals surface area contributed by atoms with Crippen LogP contribution in [0, 0.1) is 0 Å². The van der Waals surface area contributed by atoms with Gasteiger partial charge in [-0.2, -0.15) is 0 Å². The van der Waals surface area contributed by atoms with Crippen molar-refractivity contribution in [2.24, 2.45) is 0 Å². The van der Waals surface area contributed by atoms with Crippen LogP contribution in [0.1, 0.15) is 53.0 Å². The predicted octanol–water partition coefficient (Wildman–Crippen LogP) is 4.15. The molecule has 3 heteroatoms. The molecule has 0 atom stereocenters. The SMILES string of the molecule is CCC(CC)Oc1cc(CNC(C)(C)C)ccc1OC. The molecule has 0 unspecified atom stereocenters. The molecular formula is C17H29NO2. The molecule has 0 aliphatic carbocycles. The second-order valence-corrected chi connectivity index (χ2v) is 6.15. The summed E-state index contributed by atoms with van der Waals surface area (Å²) in [6, 6.07) is 6.14. The second-order valence-electron chi connectivity index (χ2n) is 6.15. The van der Waals surface area contributed by atoms with E-state index in [-0.39, 0.29) is 11.6 Å². The van der Waals surface area contributed by atoms with Crippen molar-refractivity contribution in [3.8, 4) is 11.5 Å². The monoisotopic (exact) mass is 279 g/mol. The van der Waals surface area contributed by atoms with E-state index in [4.69, 9.17) is 9.47 Å². The van der Waals surface area contributed by atoms with Crippen molar-refractivity contribution in [2.45, 2.75) is 65.6 Å². The third-order valence-corrected chi connectivity index (χ3v) is 3.26. The molecule has 0 fully saturated rings. The quantitative estimate of drug-likeness (QED) is 0.813. The van der Waals surface area contributed by atoms with Crippen LogP contribution in [0.2, 0.25) is 0 Å². The lowest BCUT2D eigenvalue weighted by atomic mass is 10.1. The molecular weight excluding hydrogens is 250 g/mol. The summed E-state index contributed by atoms with van der Waals surface area (Å²) in [6.45, 7) is 11.6. The van der Waals surface area contributed by atoms with Crippen molar-refractivity contribution in [3.63, 3.8) is 0 Å². The first-order valence-corrected chi connectivity index (χ1v) is 7.48. The Balaban J connectivity index is 2.85. The Labute approximate surface area is 123 Å². The molecule has 1 aromatic carbocycles. The minimum Gasteiger partial charge on any atom is -0.493 e. The Bertz CT molecular complexity index is 406. The summed E-state index contributed by atoms with van der Waals surface area (Å²) < 4.78 is 11.4. The summed E-state index contributed by atoms with van der Waals surface area (Å²) in [6.07, 6.45) is 2.25. The van der Waals surface area contributed by atoms with E-state index in [1.165, 1.54) is 5.56 Å². The van der Waals surface area contributed by atoms with Gasteiger partial charge in [0.1, 0.15) is 0 Å². The molecule has 3 nitrogen and oxygen atoms in total. The normalized spacial score (nSPS) is 11.8. The van der Waals surface area contributed by atoms with Gasteiger partial charge in [0.25, 0.3) is 0 Å². The van der Waals surface area contributed by atoms with Crippen molar-refractivity contribution in [1.82, 2.24) is 5.32 Å². The molecule has 0 aliphatic heterocycles. The standard InChI is InChI=1S/C17H29NO2/c1-7-14(8-2)20-16-11-13(9-10-15(16)19-6)12-18-17(3,4)5/h9-11,14,18H,7-8,12H2,1-6H3. The highest BCUT2D eigenvalue weighted by Gasteiger charge is 2.13. The van der Waals surface area contributed by atoms with Gasteiger partial charge in [0, 0.05) is 12.1 Å². The van der Waals surface area contributed by atoms with Gasteiger partial charge in [0.15, 0.2) is 11.5 Å². The topological polar surface area (TPSA) is 30.5 Å². The van der Waals surface area contributed by atoms with Gasteiger partial charge in [-0.25, -0.2) is 0 Å². The largest absolute Gasteiger partial charge is 0.493 e. The molecule has 0 saturated carbocycles.